The van der Waals surface area contributed by atoms with Gasteiger partial charge in [-0.25, -0.2) is 17.1 Å². The highest BCUT2D eigenvalue weighted by Crippen LogP contribution is 2.29. The van der Waals surface area contributed by atoms with Crippen LogP contribution in [0.15, 0.2) is 11.0 Å². The molecule has 0 saturated carbocycles. The molecule has 0 aliphatic rings. The predicted octanol–water partition coefficient (Wildman–Crippen LogP) is 2.69. The minimum Gasteiger partial charge on any atom is -0.396 e. The van der Waals surface area contributed by atoms with Gasteiger partial charge in [0, 0.05) is 13.6 Å². The maximum absolute atomic E-state index is 13.5. The molecular weight excluding hydrogens is 279 g/mol. The van der Waals surface area contributed by atoms with Crippen LogP contribution in [-0.4, -0.2) is 26.3 Å². The van der Waals surface area contributed by atoms with Crippen molar-refractivity contribution in [2.75, 3.05) is 19.3 Å². The Labute approximate surface area is 120 Å². The molecule has 0 atom stereocenters. The zero-order valence-corrected chi connectivity index (χ0v) is 13.5. The Balaban J connectivity index is 3.26. The van der Waals surface area contributed by atoms with Gasteiger partial charge in [-0.3, -0.25) is 0 Å². The first-order valence-electron chi connectivity index (χ1n) is 6.60. The molecule has 0 aliphatic heterocycles. The number of sulfonamides is 1. The molecule has 0 unspecified atom stereocenters. The summed E-state index contributed by atoms with van der Waals surface area (Å²) in [7, 11) is -2.11. The van der Waals surface area contributed by atoms with Crippen molar-refractivity contribution in [1.82, 2.24) is 4.31 Å². The number of hydrogen-bond donors (Lipinski definition) is 1. The molecule has 0 spiro atoms. The molecule has 0 aliphatic carbocycles. The first kappa shape index (κ1) is 16.9. The number of nitrogens with zero attached hydrogens (tertiary/aromatic N) is 1. The fourth-order valence-electron chi connectivity index (χ4n) is 2.04. The van der Waals surface area contributed by atoms with E-state index in [0.29, 0.717) is 18.0 Å². The van der Waals surface area contributed by atoms with Gasteiger partial charge in [0.05, 0.1) is 10.6 Å². The highest BCUT2D eigenvalue weighted by molar-refractivity contribution is 7.89. The molecule has 0 aromatic heterocycles. The second-order valence-corrected chi connectivity index (χ2v) is 7.53. The minimum atomic E-state index is -3.65. The Morgan fingerprint density at radius 3 is 2.40 bits per heavy atom. The lowest BCUT2D eigenvalue weighted by atomic mass is 10.1. The van der Waals surface area contributed by atoms with Gasteiger partial charge in [-0.2, -0.15) is 0 Å². The van der Waals surface area contributed by atoms with Gasteiger partial charge in [0.1, 0.15) is 5.82 Å². The lowest BCUT2D eigenvalue weighted by Gasteiger charge is -2.21. The van der Waals surface area contributed by atoms with Crippen LogP contribution in [0, 0.1) is 25.6 Å². The van der Waals surface area contributed by atoms with Gasteiger partial charge in [-0.15, -0.1) is 0 Å². The second kappa shape index (κ2) is 6.10. The molecule has 0 fully saturated rings. The summed E-state index contributed by atoms with van der Waals surface area (Å²) >= 11 is 0. The molecule has 0 saturated heterocycles. The van der Waals surface area contributed by atoms with E-state index >= 15 is 0 Å². The van der Waals surface area contributed by atoms with Gasteiger partial charge in [0.15, 0.2) is 0 Å². The van der Waals surface area contributed by atoms with Crippen LogP contribution >= 0.6 is 0 Å². The number of hydrogen-bond acceptors (Lipinski definition) is 3. The molecule has 0 heterocycles. The molecule has 0 amide bonds. The molecule has 2 N–H and O–H groups in total. The maximum atomic E-state index is 13.5. The fraction of sp³-hybridized carbons (Fsp3) is 0.571. The average molecular weight is 302 g/mol. The molecule has 20 heavy (non-hydrogen) atoms. The second-order valence-electron chi connectivity index (χ2n) is 5.55. The highest BCUT2D eigenvalue weighted by atomic mass is 32.2. The minimum absolute atomic E-state index is 0.105. The molecule has 1 aromatic carbocycles. The summed E-state index contributed by atoms with van der Waals surface area (Å²) in [5, 5.41) is 0. The Hall–Kier alpha value is -1.14. The van der Waals surface area contributed by atoms with Crippen molar-refractivity contribution in [3.63, 3.8) is 0 Å². The van der Waals surface area contributed by atoms with Crippen molar-refractivity contribution >= 4 is 15.7 Å². The van der Waals surface area contributed by atoms with Gasteiger partial charge >= 0.3 is 0 Å². The third-order valence-electron chi connectivity index (χ3n) is 3.39. The molecule has 114 valence electrons. The third kappa shape index (κ3) is 3.30. The summed E-state index contributed by atoms with van der Waals surface area (Å²) < 4.78 is 40.0. The van der Waals surface area contributed by atoms with Gasteiger partial charge in [-0.05, 0) is 43.4 Å². The van der Waals surface area contributed by atoms with Gasteiger partial charge in [0.2, 0.25) is 10.0 Å². The topological polar surface area (TPSA) is 63.4 Å². The Kier molecular flexibility index (Phi) is 5.15. The Morgan fingerprint density at radius 1 is 1.35 bits per heavy atom. The van der Waals surface area contributed by atoms with E-state index in [0.717, 1.165) is 6.42 Å². The van der Waals surface area contributed by atoms with E-state index in [1.54, 1.807) is 6.92 Å². The van der Waals surface area contributed by atoms with Crippen LogP contribution in [0.2, 0.25) is 0 Å². The van der Waals surface area contributed by atoms with Crippen LogP contribution in [0.3, 0.4) is 0 Å². The summed E-state index contributed by atoms with van der Waals surface area (Å²) in [6.07, 6.45) is 0.768. The molecule has 1 rings (SSSR count). The van der Waals surface area contributed by atoms with Crippen molar-refractivity contribution in [3.05, 3.63) is 23.0 Å². The SMILES string of the molecule is Cc1cc(F)c(N)c(C)c1S(=O)(=O)N(C)CCC(C)C. The molecule has 4 nitrogen and oxygen atoms in total. The molecule has 0 radical (unpaired) electrons. The lowest BCUT2D eigenvalue weighted by molar-refractivity contribution is 0.427. The highest BCUT2D eigenvalue weighted by Gasteiger charge is 2.26. The van der Waals surface area contributed by atoms with Crippen molar-refractivity contribution < 1.29 is 12.8 Å². The van der Waals surface area contributed by atoms with E-state index in [9.17, 15) is 12.8 Å². The van der Waals surface area contributed by atoms with Crippen LogP contribution in [0.25, 0.3) is 0 Å². The van der Waals surface area contributed by atoms with Crippen molar-refractivity contribution in [2.24, 2.45) is 5.92 Å². The molecule has 1 aromatic rings. The standard InChI is InChI=1S/C14H23FN2O2S/c1-9(2)6-7-17(5)20(18,19)14-10(3)8-12(15)13(16)11(14)4/h8-9H,6-7,16H2,1-5H3. The number of anilines is 1. The third-order valence-corrected chi connectivity index (χ3v) is 5.54. The monoisotopic (exact) mass is 302 g/mol. The van der Waals surface area contributed by atoms with E-state index in [2.05, 4.69) is 0 Å². The lowest BCUT2D eigenvalue weighted by Crippen LogP contribution is -2.30. The Morgan fingerprint density at radius 2 is 1.90 bits per heavy atom. The smallest absolute Gasteiger partial charge is 0.243 e. The van der Waals surface area contributed by atoms with Crippen molar-refractivity contribution in [3.8, 4) is 0 Å². The molecule has 0 bridgehead atoms. The quantitative estimate of drug-likeness (QED) is 0.851. The Bertz CT molecular complexity index is 598. The first-order chi connectivity index (χ1) is 9.09. The summed E-state index contributed by atoms with van der Waals surface area (Å²) in [6.45, 7) is 7.61. The normalized spacial score (nSPS) is 12.4. The number of rotatable bonds is 5. The summed E-state index contributed by atoms with van der Waals surface area (Å²) in [4.78, 5) is 0.114. The van der Waals surface area contributed by atoms with Crippen molar-refractivity contribution in [2.45, 2.75) is 39.0 Å². The van der Waals surface area contributed by atoms with Gasteiger partial charge in [0.25, 0.3) is 0 Å². The number of aryl methyl sites for hydroxylation is 1. The zero-order valence-electron chi connectivity index (χ0n) is 12.7. The zero-order chi connectivity index (χ0) is 15.7. The largest absolute Gasteiger partial charge is 0.396 e. The van der Waals surface area contributed by atoms with Crippen LogP contribution in [0.1, 0.15) is 31.4 Å². The van der Waals surface area contributed by atoms with E-state index in [1.807, 2.05) is 13.8 Å². The van der Waals surface area contributed by atoms with Crippen LogP contribution in [0.5, 0.6) is 0 Å². The van der Waals surface area contributed by atoms with E-state index < -0.39 is 15.8 Å². The van der Waals surface area contributed by atoms with Crippen molar-refractivity contribution in [1.29, 1.82) is 0 Å². The first-order valence-corrected chi connectivity index (χ1v) is 8.04. The number of halogens is 1. The summed E-state index contributed by atoms with van der Waals surface area (Å²) in [5.74, 6) is -0.170. The number of nitrogen functional groups attached to an aromatic ring is 1. The van der Waals surface area contributed by atoms with Gasteiger partial charge in [-0.1, -0.05) is 13.8 Å². The molecular formula is C14H23FN2O2S. The number of nitrogens with two attached hydrogens (primary N) is 1. The van der Waals surface area contributed by atoms with E-state index in [-0.39, 0.29) is 16.1 Å². The van der Waals surface area contributed by atoms with Crippen LogP contribution < -0.4 is 5.73 Å². The summed E-state index contributed by atoms with van der Waals surface area (Å²) in [6, 6.07) is 1.17. The fourth-order valence-corrected chi connectivity index (χ4v) is 3.66. The maximum Gasteiger partial charge on any atom is 0.243 e. The summed E-state index contributed by atoms with van der Waals surface area (Å²) in [5.41, 5.74) is 6.16. The van der Waals surface area contributed by atoms with Crippen LogP contribution in [0.4, 0.5) is 10.1 Å². The van der Waals surface area contributed by atoms with Crippen LogP contribution in [-0.2, 0) is 10.0 Å². The predicted molar refractivity (Wildman–Crippen MR) is 79.6 cm³/mol. The van der Waals surface area contributed by atoms with E-state index in [1.165, 1.54) is 24.3 Å². The number of benzene rings is 1. The average Bonchev–Trinajstić information content (AvgIpc) is 2.32. The van der Waals surface area contributed by atoms with E-state index in [4.69, 9.17) is 5.73 Å². The van der Waals surface area contributed by atoms with Gasteiger partial charge < -0.3 is 5.73 Å². The molecule has 6 heteroatoms.